The predicted octanol–water partition coefficient (Wildman–Crippen LogP) is 6.58. The van der Waals surface area contributed by atoms with Crippen LogP contribution in [0, 0.1) is 50.7 Å². The lowest BCUT2D eigenvalue weighted by molar-refractivity contribution is -0.231. The molecular weight excluding hydrogens is 492 g/mol. The maximum atomic E-state index is 14.1. The van der Waals surface area contributed by atoms with Gasteiger partial charge in [0.25, 0.3) is 0 Å². The zero-order chi connectivity index (χ0) is 28.2. The summed E-state index contributed by atoms with van der Waals surface area (Å²) < 4.78 is 11.5. The molecular formula is C33H50O6. The number of hydrogen-bond acceptors (Lipinski definition) is 5. The Morgan fingerprint density at radius 1 is 0.846 bits per heavy atom. The number of rotatable bonds is 4. The molecule has 6 fully saturated rings. The van der Waals surface area contributed by atoms with Crippen LogP contribution in [0.2, 0.25) is 0 Å². The number of carbonyl (C=O) groups is 3. The molecule has 0 aromatic carbocycles. The highest BCUT2D eigenvalue weighted by Gasteiger charge is 2.70. The average molecular weight is 543 g/mol. The van der Waals surface area contributed by atoms with Gasteiger partial charge in [0.2, 0.25) is 0 Å². The van der Waals surface area contributed by atoms with Crippen molar-refractivity contribution in [2.75, 3.05) is 0 Å². The first-order chi connectivity index (χ1) is 18.2. The lowest BCUT2D eigenvalue weighted by atomic mass is 9.32. The van der Waals surface area contributed by atoms with Crippen LogP contribution in [0.15, 0.2) is 0 Å². The SMILES string of the molecule is CC1OC(CC(=O)C23CCCC2C2CCC4C5(C)CCC(=O)C(C)(C)C5CCC4(C)[C@]2(C)CC3)OC1C(=O)O. The Morgan fingerprint density at radius 3 is 2.28 bits per heavy atom. The summed E-state index contributed by atoms with van der Waals surface area (Å²) in [5, 5.41) is 9.44. The molecule has 1 aliphatic heterocycles. The molecule has 0 aromatic rings. The molecule has 0 aromatic heterocycles. The molecule has 218 valence electrons. The average Bonchev–Trinajstić information content (AvgIpc) is 3.46. The van der Waals surface area contributed by atoms with Crippen molar-refractivity contribution in [2.24, 2.45) is 50.7 Å². The van der Waals surface area contributed by atoms with Crippen molar-refractivity contribution in [3.8, 4) is 0 Å². The van der Waals surface area contributed by atoms with E-state index in [1.165, 1.54) is 19.3 Å². The third-order valence-corrected chi connectivity index (χ3v) is 14.3. The number of ether oxygens (including phenoxy) is 2. The van der Waals surface area contributed by atoms with Gasteiger partial charge in [0.15, 0.2) is 12.4 Å². The van der Waals surface area contributed by atoms with Crippen LogP contribution in [-0.2, 0) is 23.9 Å². The van der Waals surface area contributed by atoms with Crippen LogP contribution < -0.4 is 0 Å². The molecule has 0 radical (unpaired) electrons. The number of fused-ring (bicyclic) bond motifs is 7. The van der Waals surface area contributed by atoms with Gasteiger partial charge in [0.1, 0.15) is 11.6 Å². The van der Waals surface area contributed by atoms with E-state index in [-0.39, 0.29) is 39.3 Å². The Balaban J connectivity index is 1.26. The van der Waals surface area contributed by atoms with Crippen molar-refractivity contribution in [3.05, 3.63) is 0 Å². The van der Waals surface area contributed by atoms with Crippen LogP contribution in [-0.4, -0.2) is 41.1 Å². The molecule has 6 heteroatoms. The summed E-state index contributed by atoms with van der Waals surface area (Å²) in [6.07, 6.45) is 9.52. The Kier molecular flexibility index (Phi) is 6.34. The highest BCUT2D eigenvalue weighted by atomic mass is 16.7. The van der Waals surface area contributed by atoms with Crippen LogP contribution in [0.4, 0.5) is 0 Å². The van der Waals surface area contributed by atoms with Crippen LogP contribution in [0.3, 0.4) is 0 Å². The summed E-state index contributed by atoms with van der Waals surface area (Å²) in [7, 11) is 0. The monoisotopic (exact) mass is 542 g/mol. The van der Waals surface area contributed by atoms with Crippen molar-refractivity contribution in [1.29, 1.82) is 0 Å². The first-order valence-corrected chi connectivity index (χ1v) is 15.8. The second-order valence-electron chi connectivity index (χ2n) is 15.8. The van der Waals surface area contributed by atoms with E-state index in [0.717, 1.165) is 51.4 Å². The summed E-state index contributed by atoms with van der Waals surface area (Å²) in [6.45, 7) is 13.8. The predicted molar refractivity (Wildman–Crippen MR) is 147 cm³/mol. The van der Waals surface area contributed by atoms with Gasteiger partial charge in [-0.15, -0.1) is 0 Å². The molecule has 0 bridgehead atoms. The normalized spacial score (nSPS) is 52.4. The molecule has 0 amide bonds. The maximum absolute atomic E-state index is 14.1. The number of ketones is 2. The quantitative estimate of drug-likeness (QED) is 0.431. The second kappa shape index (κ2) is 8.86. The molecule has 5 aliphatic carbocycles. The molecule has 1 N–H and O–H groups in total. The number of carboxylic acid groups (broad SMARTS) is 1. The number of Topliss-reactive ketones (excluding diaryl/α,β-unsaturated/α-hetero) is 2. The molecule has 6 nitrogen and oxygen atoms in total. The van der Waals surface area contributed by atoms with Crippen molar-refractivity contribution >= 4 is 17.5 Å². The minimum Gasteiger partial charge on any atom is -0.479 e. The van der Waals surface area contributed by atoms with Crippen LogP contribution in [0.25, 0.3) is 0 Å². The fourth-order valence-electron chi connectivity index (χ4n) is 12.2. The van der Waals surface area contributed by atoms with E-state index >= 15 is 0 Å². The lowest BCUT2D eigenvalue weighted by Gasteiger charge is -2.72. The third-order valence-electron chi connectivity index (χ3n) is 14.3. The van der Waals surface area contributed by atoms with Crippen LogP contribution in [0.5, 0.6) is 0 Å². The second-order valence-corrected chi connectivity index (χ2v) is 15.8. The first kappa shape index (κ1) is 27.9. The molecule has 0 spiro atoms. The third kappa shape index (κ3) is 3.61. The first-order valence-electron chi connectivity index (χ1n) is 15.8. The van der Waals surface area contributed by atoms with Gasteiger partial charge in [-0.3, -0.25) is 9.59 Å². The van der Waals surface area contributed by atoms with Gasteiger partial charge in [-0.05, 0) is 105 Å². The smallest absolute Gasteiger partial charge is 0.335 e. The molecule has 5 saturated carbocycles. The van der Waals surface area contributed by atoms with E-state index in [0.29, 0.717) is 29.5 Å². The number of aliphatic carboxylic acids is 1. The van der Waals surface area contributed by atoms with Gasteiger partial charge >= 0.3 is 5.97 Å². The molecule has 10 unspecified atom stereocenters. The topological polar surface area (TPSA) is 89.9 Å². The van der Waals surface area contributed by atoms with Gasteiger partial charge in [-0.2, -0.15) is 0 Å². The summed E-state index contributed by atoms with van der Waals surface area (Å²) in [6, 6.07) is 0. The highest BCUT2D eigenvalue weighted by molar-refractivity contribution is 5.86. The number of carboxylic acids is 1. The van der Waals surface area contributed by atoms with E-state index in [4.69, 9.17) is 9.47 Å². The maximum Gasteiger partial charge on any atom is 0.335 e. The Labute approximate surface area is 234 Å². The zero-order valence-electron chi connectivity index (χ0n) is 25.0. The molecule has 6 rings (SSSR count). The Bertz CT molecular complexity index is 1070. The minimum absolute atomic E-state index is 0.164. The molecule has 11 atom stereocenters. The summed E-state index contributed by atoms with van der Waals surface area (Å²) in [5.41, 5.74) is 0.0694. The van der Waals surface area contributed by atoms with Gasteiger partial charge < -0.3 is 14.6 Å². The molecule has 6 aliphatic rings. The van der Waals surface area contributed by atoms with Crippen molar-refractivity contribution in [1.82, 2.24) is 0 Å². The van der Waals surface area contributed by atoms with E-state index < -0.39 is 24.5 Å². The van der Waals surface area contributed by atoms with E-state index in [1.807, 2.05) is 0 Å². The fourth-order valence-corrected chi connectivity index (χ4v) is 12.2. The van der Waals surface area contributed by atoms with E-state index in [9.17, 15) is 19.5 Å². The van der Waals surface area contributed by atoms with Gasteiger partial charge in [-0.25, -0.2) is 4.79 Å². The summed E-state index contributed by atoms with van der Waals surface area (Å²) in [5.74, 6) is 1.69. The Morgan fingerprint density at radius 2 is 1.59 bits per heavy atom. The van der Waals surface area contributed by atoms with E-state index in [2.05, 4.69) is 34.6 Å². The van der Waals surface area contributed by atoms with Crippen LogP contribution in [0.1, 0.15) is 119 Å². The molecule has 1 heterocycles. The van der Waals surface area contributed by atoms with Crippen molar-refractivity contribution in [2.45, 2.75) is 137 Å². The van der Waals surface area contributed by atoms with Gasteiger partial charge in [-0.1, -0.05) is 41.0 Å². The molecule has 39 heavy (non-hydrogen) atoms. The largest absolute Gasteiger partial charge is 0.479 e. The minimum atomic E-state index is -1.03. The van der Waals surface area contributed by atoms with Crippen LogP contribution >= 0.6 is 0 Å². The molecule has 1 saturated heterocycles. The number of hydrogen-bond donors (Lipinski definition) is 1. The lowest BCUT2D eigenvalue weighted by Crippen LogP contribution is -2.66. The zero-order valence-corrected chi connectivity index (χ0v) is 25.0. The summed E-state index contributed by atoms with van der Waals surface area (Å²) >= 11 is 0. The highest BCUT2D eigenvalue weighted by Crippen LogP contribution is 2.76. The van der Waals surface area contributed by atoms with Crippen molar-refractivity contribution < 1.29 is 29.0 Å². The number of carbonyl (C=O) groups excluding carboxylic acids is 2. The summed E-state index contributed by atoms with van der Waals surface area (Å²) in [4.78, 5) is 38.6. The Hall–Kier alpha value is -1.27. The van der Waals surface area contributed by atoms with Gasteiger partial charge in [0.05, 0.1) is 12.5 Å². The standard InChI is InChI=1S/C33H50O6/c1-19-27(28(36)37)39-26(38-19)18-25(35)33-13-7-8-21(33)20-9-10-23-30(4)14-12-24(34)29(2,3)22(30)11-15-32(23,6)31(20,5)16-17-33/h19-23,26-27H,7-18H2,1-6H3,(H,36,37)/t19?,20?,21?,22?,23?,26?,27?,30?,31-,32?,33?/m1/s1. The van der Waals surface area contributed by atoms with Gasteiger partial charge in [0, 0.05) is 17.3 Å². The van der Waals surface area contributed by atoms with E-state index in [1.54, 1.807) is 6.92 Å². The van der Waals surface area contributed by atoms with Crippen molar-refractivity contribution in [3.63, 3.8) is 0 Å². The fraction of sp³-hybridized carbons (Fsp3) is 0.909.